The van der Waals surface area contributed by atoms with E-state index in [1.807, 2.05) is 30.6 Å². The molecule has 5 nitrogen and oxygen atoms in total. The van der Waals surface area contributed by atoms with Gasteiger partial charge in [0.05, 0.1) is 22.8 Å². The van der Waals surface area contributed by atoms with Crippen molar-refractivity contribution in [2.45, 2.75) is 13.8 Å². The Kier molecular flexibility index (Phi) is 8.99. The van der Waals surface area contributed by atoms with Crippen LogP contribution in [-0.4, -0.2) is 15.0 Å². The van der Waals surface area contributed by atoms with Crippen LogP contribution < -0.4 is 9.97 Å². The predicted octanol–water partition coefficient (Wildman–Crippen LogP) is 11.2. The van der Waals surface area contributed by atoms with E-state index in [0.717, 1.165) is 94.9 Å². The van der Waals surface area contributed by atoms with Crippen LogP contribution in [0.2, 0.25) is 0 Å². The molecular formula is C47H33N5Zn. The van der Waals surface area contributed by atoms with Crippen LogP contribution in [0.15, 0.2) is 128 Å². The Bertz CT molecular complexity index is 2690. The number of rotatable bonds is 5. The smallest absolute Gasteiger partial charge is 0.657 e. The SMILES string of the molecule is C=Cc1ccc(-c2c3nc(c(-c4ccc(C)cc4)c4ccc([n-]4)c(-c4ccncc4)c4nc(c(-c5ccc(C)cc5)c5ccc2[n-]5)C=C4)C=C3)cc1.[Zn+2]. The summed E-state index contributed by atoms with van der Waals surface area (Å²) in [4.78, 5) is 25.7. The standard InChI is InChI=1S/C47H33N5.Zn/c1-4-31-9-15-34(16-10-31)46-40-19-17-36(49-40)44(32-11-5-29(2)6-12-32)38-21-23-42(51-38)47(35-25-27-48-28-26-35)43-24-22-39(52-43)45(37-18-20-41(46)50-37)33-13-7-30(3)8-14-33;/h4-28H,1H2,2-3H3;/q-2;+2. The molecule has 4 aromatic heterocycles. The molecule has 7 aromatic rings. The molecule has 0 N–H and O–H groups in total. The van der Waals surface area contributed by atoms with Crippen LogP contribution in [0.4, 0.5) is 0 Å². The van der Waals surface area contributed by atoms with Crippen LogP contribution in [-0.2, 0) is 19.5 Å². The van der Waals surface area contributed by atoms with E-state index in [1.54, 1.807) is 0 Å². The van der Waals surface area contributed by atoms with Gasteiger partial charge in [0, 0.05) is 12.4 Å². The molecule has 0 unspecified atom stereocenters. The van der Waals surface area contributed by atoms with Crippen molar-refractivity contribution in [2.75, 3.05) is 0 Å². The molecule has 9 rings (SSSR count). The Balaban J connectivity index is 0.00000400. The fourth-order valence-corrected chi connectivity index (χ4v) is 7.02. The largest absolute Gasteiger partial charge is 2.00 e. The van der Waals surface area contributed by atoms with Crippen LogP contribution in [0.25, 0.3) is 97.0 Å². The van der Waals surface area contributed by atoms with E-state index in [9.17, 15) is 0 Å². The third-order valence-corrected chi connectivity index (χ3v) is 9.69. The van der Waals surface area contributed by atoms with Crippen LogP contribution in [0.1, 0.15) is 39.5 Å². The second kappa shape index (κ2) is 14.1. The zero-order valence-electron chi connectivity index (χ0n) is 29.6. The number of nitrogens with zero attached hydrogens (tertiary/aromatic N) is 5. The Hall–Kier alpha value is -6.23. The summed E-state index contributed by atoms with van der Waals surface area (Å²) in [6.45, 7) is 8.17. The molecule has 0 saturated carbocycles. The van der Waals surface area contributed by atoms with E-state index in [-0.39, 0.29) is 19.5 Å². The van der Waals surface area contributed by atoms with Gasteiger partial charge in [0.15, 0.2) is 0 Å². The predicted molar refractivity (Wildman–Crippen MR) is 216 cm³/mol. The molecule has 6 heterocycles. The summed E-state index contributed by atoms with van der Waals surface area (Å²) in [6.07, 6.45) is 13.9. The fourth-order valence-electron chi connectivity index (χ4n) is 7.02. The van der Waals surface area contributed by atoms with Crippen LogP contribution in [0.3, 0.4) is 0 Å². The Morgan fingerprint density at radius 3 is 1.09 bits per heavy atom. The van der Waals surface area contributed by atoms with E-state index in [1.165, 1.54) is 11.1 Å². The Morgan fingerprint density at radius 2 is 0.755 bits per heavy atom. The molecule has 248 valence electrons. The first kappa shape index (κ1) is 33.9. The van der Waals surface area contributed by atoms with Crippen molar-refractivity contribution in [3.05, 3.63) is 168 Å². The van der Waals surface area contributed by atoms with E-state index in [0.29, 0.717) is 0 Å². The Labute approximate surface area is 321 Å². The van der Waals surface area contributed by atoms with Crippen molar-refractivity contribution in [3.8, 4) is 44.5 Å². The number of hydrogen-bond acceptors (Lipinski definition) is 3. The number of benzene rings is 3. The summed E-state index contributed by atoms with van der Waals surface area (Å²) in [5, 5.41) is 0. The molecule has 2 aliphatic rings. The van der Waals surface area contributed by atoms with Crippen LogP contribution in [0.5, 0.6) is 0 Å². The molecule has 0 saturated heterocycles. The van der Waals surface area contributed by atoms with Gasteiger partial charge in [-0.3, -0.25) is 4.98 Å². The molecule has 8 bridgehead atoms. The van der Waals surface area contributed by atoms with Crippen molar-refractivity contribution in [2.24, 2.45) is 0 Å². The zero-order valence-corrected chi connectivity index (χ0v) is 32.6. The van der Waals surface area contributed by atoms with E-state index >= 15 is 0 Å². The van der Waals surface area contributed by atoms with Crippen LogP contribution >= 0.6 is 0 Å². The number of pyridine rings is 1. The van der Waals surface area contributed by atoms with Crippen molar-refractivity contribution in [3.63, 3.8) is 0 Å². The quantitative estimate of drug-likeness (QED) is 0.165. The monoisotopic (exact) mass is 731 g/mol. The number of aromatic nitrogens is 5. The third kappa shape index (κ3) is 6.32. The third-order valence-electron chi connectivity index (χ3n) is 9.69. The molecule has 0 atom stereocenters. The summed E-state index contributed by atoms with van der Waals surface area (Å²) in [6, 6.07) is 37.9. The topological polar surface area (TPSA) is 66.9 Å². The maximum absolute atomic E-state index is 5.35. The summed E-state index contributed by atoms with van der Waals surface area (Å²) in [5.41, 5.74) is 18.0. The van der Waals surface area contributed by atoms with Gasteiger partial charge >= 0.3 is 19.5 Å². The first-order valence-electron chi connectivity index (χ1n) is 17.4. The molecule has 0 spiro atoms. The molecule has 0 aliphatic carbocycles. The van der Waals surface area contributed by atoms with Gasteiger partial charge in [0.1, 0.15) is 0 Å². The van der Waals surface area contributed by atoms with Crippen LogP contribution in [0, 0.1) is 13.8 Å². The Morgan fingerprint density at radius 1 is 0.434 bits per heavy atom. The average Bonchev–Trinajstić information content (AvgIpc) is 4.02. The second-order valence-electron chi connectivity index (χ2n) is 13.2. The van der Waals surface area contributed by atoms with Gasteiger partial charge in [-0.15, -0.1) is 22.1 Å². The summed E-state index contributed by atoms with van der Waals surface area (Å²) in [5.74, 6) is 0. The van der Waals surface area contributed by atoms with Gasteiger partial charge in [-0.05, 0) is 100 Å². The molecular weight excluding hydrogens is 700 g/mol. The molecule has 6 heteroatoms. The van der Waals surface area contributed by atoms with Gasteiger partial charge in [0.2, 0.25) is 0 Å². The van der Waals surface area contributed by atoms with Gasteiger partial charge < -0.3 is 9.97 Å². The van der Waals surface area contributed by atoms with E-state index in [2.05, 4.69) is 147 Å². The van der Waals surface area contributed by atoms with Crippen molar-refractivity contribution < 1.29 is 19.5 Å². The number of hydrogen-bond donors (Lipinski definition) is 0. The maximum Gasteiger partial charge on any atom is 2.00 e. The van der Waals surface area contributed by atoms with Crippen molar-refractivity contribution in [1.29, 1.82) is 0 Å². The van der Waals surface area contributed by atoms with E-state index in [4.69, 9.17) is 19.9 Å². The normalized spacial score (nSPS) is 11.7. The molecule has 3 aromatic carbocycles. The van der Waals surface area contributed by atoms with Gasteiger partial charge in [-0.1, -0.05) is 121 Å². The summed E-state index contributed by atoms with van der Waals surface area (Å²) >= 11 is 0. The second-order valence-corrected chi connectivity index (χ2v) is 13.2. The van der Waals surface area contributed by atoms with Gasteiger partial charge in [-0.2, -0.15) is 0 Å². The number of fused-ring (bicyclic) bond motifs is 8. The molecule has 0 radical (unpaired) electrons. The molecule has 0 fully saturated rings. The molecule has 2 aliphatic heterocycles. The molecule has 53 heavy (non-hydrogen) atoms. The minimum Gasteiger partial charge on any atom is -0.657 e. The van der Waals surface area contributed by atoms with Crippen molar-refractivity contribution >= 4 is 52.4 Å². The number of aryl methyl sites for hydroxylation is 2. The fraction of sp³-hybridized carbons (Fsp3) is 0.0426. The first-order valence-corrected chi connectivity index (χ1v) is 17.4. The average molecular weight is 733 g/mol. The molecule has 0 amide bonds. The van der Waals surface area contributed by atoms with Gasteiger partial charge in [-0.25, -0.2) is 9.97 Å². The zero-order chi connectivity index (χ0) is 35.2. The van der Waals surface area contributed by atoms with Crippen molar-refractivity contribution in [1.82, 2.24) is 24.9 Å². The van der Waals surface area contributed by atoms with E-state index < -0.39 is 0 Å². The summed E-state index contributed by atoms with van der Waals surface area (Å²) in [7, 11) is 0. The minimum atomic E-state index is 0. The van der Waals surface area contributed by atoms with Gasteiger partial charge in [0.25, 0.3) is 0 Å². The minimum absolute atomic E-state index is 0. The summed E-state index contributed by atoms with van der Waals surface area (Å²) < 4.78 is 0. The maximum atomic E-state index is 5.35. The first-order chi connectivity index (χ1) is 25.5.